The van der Waals surface area contributed by atoms with E-state index in [1.807, 2.05) is 26.0 Å². The Morgan fingerprint density at radius 3 is 1.52 bits per heavy atom. The van der Waals surface area contributed by atoms with E-state index in [0.717, 1.165) is 21.2 Å². The lowest BCUT2D eigenvalue weighted by atomic mass is 10.0. The van der Waals surface area contributed by atoms with Crippen molar-refractivity contribution < 1.29 is 0 Å². The maximum atomic E-state index is 6.38. The van der Waals surface area contributed by atoms with Gasteiger partial charge < -0.3 is 0 Å². The van der Waals surface area contributed by atoms with Crippen LogP contribution in [0.3, 0.4) is 0 Å². The molecule has 0 bridgehead atoms. The summed E-state index contributed by atoms with van der Waals surface area (Å²) in [5.74, 6) is 0.599. The van der Waals surface area contributed by atoms with Crippen molar-refractivity contribution in [1.29, 1.82) is 0 Å². The molecular formula is C22H24Cl2S. The summed E-state index contributed by atoms with van der Waals surface area (Å²) in [6, 6.07) is 12.5. The van der Waals surface area contributed by atoms with Crippen LogP contribution in [0.2, 0.25) is 10.0 Å². The maximum absolute atomic E-state index is 6.38. The average Bonchev–Trinajstić information content (AvgIpc) is 2.58. The zero-order valence-corrected chi connectivity index (χ0v) is 17.4. The first-order chi connectivity index (χ1) is 12.0. The summed E-state index contributed by atoms with van der Waals surface area (Å²) in [5, 5.41) is 1.63. The highest BCUT2D eigenvalue weighted by molar-refractivity contribution is 7.99. The van der Waals surface area contributed by atoms with Gasteiger partial charge in [-0.1, -0.05) is 73.1 Å². The Morgan fingerprint density at radius 1 is 0.760 bits per heavy atom. The fourth-order valence-electron chi connectivity index (χ4n) is 2.79. The summed E-state index contributed by atoms with van der Waals surface area (Å²) >= 11 is 14.5. The molecule has 0 amide bonds. The summed E-state index contributed by atoms with van der Waals surface area (Å²) in [6.45, 7) is 8.39. The molecular weight excluding hydrogens is 367 g/mol. The number of allylic oxidation sites excluding steroid dienone is 4. The minimum absolute atomic E-state index is 0.300. The van der Waals surface area contributed by atoms with Gasteiger partial charge in [-0.25, -0.2) is 0 Å². The van der Waals surface area contributed by atoms with E-state index in [9.17, 15) is 0 Å². The van der Waals surface area contributed by atoms with Crippen LogP contribution in [0, 0.1) is 0 Å². The standard InChI is InChI=1S/C22H24Cl2S/c1-5-7-15(3)19-13-17(9-11-21(19)23)25-18-10-12-22(24)20(14-18)16(4)8-6-2/h5-16H,1-4H3/b7-5+,8-6+. The third kappa shape index (κ3) is 5.41. The van der Waals surface area contributed by atoms with E-state index in [0.29, 0.717) is 11.8 Å². The summed E-state index contributed by atoms with van der Waals surface area (Å²) in [4.78, 5) is 2.37. The molecule has 0 aliphatic heterocycles. The van der Waals surface area contributed by atoms with Crippen LogP contribution in [-0.2, 0) is 0 Å². The topological polar surface area (TPSA) is 0 Å². The van der Waals surface area contributed by atoms with Gasteiger partial charge in [0.25, 0.3) is 0 Å². The van der Waals surface area contributed by atoms with Crippen molar-refractivity contribution in [3.05, 3.63) is 81.9 Å². The van der Waals surface area contributed by atoms with Crippen LogP contribution in [0.25, 0.3) is 0 Å². The molecule has 0 aliphatic rings. The molecule has 3 heteroatoms. The smallest absolute Gasteiger partial charge is 0.0444 e. The van der Waals surface area contributed by atoms with Gasteiger partial charge in [-0.05, 0) is 61.4 Å². The van der Waals surface area contributed by atoms with Crippen molar-refractivity contribution in [1.82, 2.24) is 0 Å². The zero-order chi connectivity index (χ0) is 18.4. The molecule has 0 heterocycles. The number of halogens is 2. The summed E-state index contributed by atoms with van der Waals surface area (Å²) < 4.78 is 0. The molecule has 0 fully saturated rings. The van der Waals surface area contributed by atoms with Crippen LogP contribution < -0.4 is 0 Å². The van der Waals surface area contributed by atoms with E-state index in [-0.39, 0.29) is 0 Å². The normalized spacial score (nSPS) is 14.3. The first kappa shape index (κ1) is 20.2. The molecule has 2 aromatic carbocycles. The molecule has 2 aromatic rings. The first-order valence-electron chi connectivity index (χ1n) is 8.48. The molecule has 132 valence electrons. The molecule has 2 unspecified atom stereocenters. The van der Waals surface area contributed by atoms with E-state index < -0.39 is 0 Å². The molecule has 0 N–H and O–H groups in total. The Kier molecular flexibility index (Phi) is 7.68. The highest BCUT2D eigenvalue weighted by Crippen LogP contribution is 2.36. The minimum Gasteiger partial charge on any atom is -0.0911 e. The van der Waals surface area contributed by atoms with Gasteiger partial charge in [-0.15, -0.1) is 0 Å². The van der Waals surface area contributed by atoms with Gasteiger partial charge in [-0.3, -0.25) is 0 Å². The molecule has 0 nitrogen and oxygen atoms in total. The number of rotatable bonds is 6. The molecule has 0 aliphatic carbocycles. The highest BCUT2D eigenvalue weighted by Gasteiger charge is 2.11. The van der Waals surface area contributed by atoms with Crippen LogP contribution in [0.15, 0.2) is 70.5 Å². The monoisotopic (exact) mass is 390 g/mol. The Balaban J connectivity index is 2.31. The van der Waals surface area contributed by atoms with Gasteiger partial charge in [0.1, 0.15) is 0 Å². The lowest BCUT2D eigenvalue weighted by molar-refractivity contribution is 0.956. The van der Waals surface area contributed by atoms with E-state index in [1.165, 1.54) is 9.79 Å². The van der Waals surface area contributed by atoms with Crippen molar-refractivity contribution >= 4 is 35.0 Å². The molecule has 0 aromatic heterocycles. The molecule has 0 radical (unpaired) electrons. The van der Waals surface area contributed by atoms with Gasteiger partial charge >= 0.3 is 0 Å². The molecule has 2 rings (SSSR count). The van der Waals surface area contributed by atoms with Crippen molar-refractivity contribution in [2.24, 2.45) is 0 Å². The fraction of sp³-hybridized carbons (Fsp3) is 0.273. The van der Waals surface area contributed by atoms with Gasteiger partial charge in [0.05, 0.1) is 0 Å². The van der Waals surface area contributed by atoms with Gasteiger partial charge in [-0.2, -0.15) is 0 Å². The second kappa shape index (κ2) is 9.52. The van der Waals surface area contributed by atoms with Crippen LogP contribution >= 0.6 is 35.0 Å². The highest BCUT2D eigenvalue weighted by atomic mass is 35.5. The van der Waals surface area contributed by atoms with Gasteiger partial charge in [0.2, 0.25) is 0 Å². The van der Waals surface area contributed by atoms with Crippen molar-refractivity contribution in [2.45, 2.75) is 49.3 Å². The molecule has 25 heavy (non-hydrogen) atoms. The van der Waals surface area contributed by atoms with Gasteiger partial charge in [0.15, 0.2) is 0 Å². The van der Waals surface area contributed by atoms with Crippen LogP contribution in [-0.4, -0.2) is 0 Å². The summed E-state index contributed by atoms with van der Waals surface area (Å²) in [6.07, 6.45) is 8.45. The van der Waals surface area contributed by atoms with Crippen molar-refractivity contribution in [3.63, 3.8) is 0 Å². The summed E-state index contributed by atoms with van der Waals surface area (Å²) in [5.41, 5.74) is 2.31. The Hall–Kier alpha value is -1.15. The molecule has 0 spiro atoms. The lowest BCUT2D eigenvalue weighted by Gasteiger charge is -2.13. The second-order valence-corrected chi connectivity index (χ2v) is 8.06. The molecule has 0 saturated heterocycles. The number of hydrogen-bond donors (Lipinski definition) is 0. The van der Waals surface area contributed by atoms with E-state index in [2.05, 4.69) is 62.4 Å². The largest absolute Gasteiger partial charge is 0.0911 e. The Bertz CT molecular complexity index is 712. The molecule has 2 atom stereocenters. The predicted octanol–water partition coefficient (Wildman–Crippen LogP) is 8.50. The SMILES string of the molecule is C/C=C/C(C)c1cc(Sc2ccc(Cl)c(C(C)/C=C/C)c2)ccc1Cl. The summed E-state index contributed by atoms with van der Waals surface area (Å²) in [7, 11) is 0. The maximum Gasteiger partial charge on any atom is 0.0444 e. The number of benzene rings is 2. The van der Waals surface area contributed by atoms with E-state index >= 15 is 0 Å². The van der Waals surface area contributed by atoms with E-state index in [4.69, 9.17) is 23.2 Å². The van der Waals surface area contributed by atoms with Crippen LogP contribution in [0.1, 0.15) is 50.7 Å². The van der Waals surface area contributed by atoms with Crippen molar-refractivity contribution in [2.75, 3.05) is 0 Å². The van der Waals surface area contributed by atoms with Gasteiger partial charge in [0, 0.05) is 31.7 Å². The number of hydrogen-bond acceptors (Lipinski definition) is 1. The third-order valence-electron chi connectivity index (χ3n) is 4.11. The van der Waals surface area contributed by atoms with E-state index in [1.54, 1.807) is 11.8 Å². The van der Waals surface area contributed by atoms with Crippen LogP contribution in [0.4, 0.5) is 0 Å². The average molecular weight is 391 g/mol. The Morgan fingerprint density at radius 2 is 1.16 bits per heavy atom. The minimum atomic E-state index is 0.300. The lowest BCUT2D eigenvalue weighted by Crippen LogP contribution is -1.92. The predicted molar refractivity (Wildman–Crippen MR) is 113 cm³/mol. The fourth-order valence-corrected chi connectivity index (χ4v) is 4.28. The second-order valence-electron chi connectivity index (χ2n) is 6.10. The third-order valence-corrected chi connectivity index (χ3v) is 5.78. The molecule has 0 saturated carbocycles. The van der Waals surface area contributed by atoms with Crippen molar-refractivity contribution in [3.8, 4) is 0 Å². The Labute approximate surface area is 165 Å². The first-order valence-corrected chi connectivity index (χ1v) is 10.1. The quantitative estimate of drug-likeness (QED) is 0.445. The van der Waals surface area contributed by atoms with Crippen LogP contribution in [0.5, 0.6) is 0 Å². The zero-order valence-electron chi connectivity index (χ0n) is 15.1.